The van der Waals surface area contributed by atoms with E-state index < -0.39 is 0 Å². The van der Waals surface area contributed by atoms with Crippen molar-refractivity contribution in [3.8, 4) is 0 Å². The number of nitrogens with zero attached hydrogens (tertiary/aromatic N) is 1. The highest BCUT2D eigenvalue weighted by molar-refractivity contribution is 4.89. The summed E-state index contributed by atoms with van der Waals surface area (Å²) >= 11 is 0. The number of hydrogen-bond acceptors (Lipinski definition) is 2. The summed E-state index contributed by atoms with van der Waals surface area (Å²) in [6.07, 6.45) is 5.30. The molecule has 0 heterocycles. The first-order valence-electron chi connectivity index (χ1n) is 6.95. The average Bonchev–Trinajstić information content (AvgIpc) is 2.99. The highest BCUT2D eigenvalue weighted by Crippen LogP contribution is 2.32. The molecule has 2 N–H and O–H groups in total. The third-order valence-electron chi connectivity index (χ3n) is 3.59. The van der Waals surface area contributed by atoms with Crippen LogP contribution < -0.4 is 5.73 Å². The van der Waals surface area contributed by atoms with E-state index in [1.807, 2.05) is 0 Å². The van der Waals surface area contributed by atoms with Crippen LogP contribution in [-0.4, -0.2) is 30.6 Å². The van der Waals surface area contributed by atoms with Crippen molar-refractivity contribution in [2.45, 2.75) is 59.4 Å². The molecule has 0 aliphatic heterocycles. The Morgan fingerprint density at radius 2 is 2.00 bits per heavy atom. The molecule has 0 aromatic carbocycles. The lowest BCUT2D eigenvalue weighted by atomic mass is 9.85. The number of hydrogen-bond donors (Lipinski definition) is 1. The van der Waals surface area contributed by atoms with Gasteiger partial charge in [-0.15, -0.1) is 0 Å². The predicted molar refractivity (Wildman–Crippen MR) is 71.5 cm³/mol. The molecule has 1 unspecified atom stereocenters. The van der Waals surface area contributed by atoms with Gasteiger partial charge in [-0.3, -0.25) is 4.90 Å². The van der Waals surface area contributed by atoms with E-state index in [1.165, 1.54) is 38.8 Å². The van der Waals surface area contributed by atoms with Crippen molar-refractivity contribution in [3.63, 3.8) is 0 Å². The van der Waals surface area contributed by atoms with E-state index in [9.17, 15) is 0 Å². The van der Waals surface area contributed by atoms with Crippen molar-refractivity contribution in [3.05, 3.63) is 0 Å². The summed E-state index contributed by atoms with van der Waals surface area (Å²) < 4.78 is 0. The van der Waals surface area contributed by atoms with Gasteiger partial charge in [-0.2, -0.15) is 0 Å². The predicted octanol–water partition coefficient (Wildman–Crippen LogP) is 2.87. The van der Waals surface area contributed by atoms with Crippen LogP contribution in [0.3, 0.4) is 0 Å². The minimum absolute atomic E-state index is 0.326. The van der Waals surface area contributed by atoms with Gasteiger partial charge in [0.1, 0.15) is 0 Å². The van der Waals surface area contributed by atoms with Crippen LogP contribution in [0, 0.1) is 11.3 Å². The van der Waals surface area contributed by atoms with E-state index >= 15 is 0 Å². The fraction of sp³-hybridized carbons (Fsp3) is 1.00. The Labute approximate surface area is 102 Å². The molecule has 0 amide bonds. The average molecular weight is 226 g/mol. The Morgan fingerprint density at radius 1 is 1.38 bits per heavy atom. The molecule has 0 bridgehead atoms. The molecule has 0 aromatic rings. The Hall–Kier alpha value is -0.0800. The van der Waals surface area contributed by atoms with Gasteiger partial charge in [0.25, 0.3) is 0 Å². The van der Waals surface area contributed by atoms with Gasteiger partial charge in [0.2, 0.25) is 0 Å². The van der Waals surface area contributed by atoms with Gasteiger partial charge in [-0.05, 0) is 37.1 Å². The van der Waals surface area contributed by atoms with Gasteiger partial charge >= 0.3 is 0 Å². The van der Waals surface area contributed by atoms with Crippen molar-refractivity contribution in [2.75, 3.05) is 19.6 Å². The highest BCUT2D eigenvalue weighted by Gasteiger charge is 2.34. The summed E-state index contributed by atoms with van der Waals surface area (Å²) in [5.41, 5.74) is 6.29. The van der Waals surface area contributed by atoms with Crippen molar-refractivity contribution in [1.29, 1.82) is 0 Å². The minimum Gasteiger partial charge on any atom is -0.330 e. The van der Waals surface area contributed by atoms with Gasteiger partial charge in [0, 0.05) is 19.1 Å². The zero-order chi connectivity index (χ0) is 12.2. The normalized spacial score (nSPS) is 20.4. The van der Waals surface area contributed by atoms with Crippen LogP contribution in [0.25, 0.3) is 0 Å². The van der Waals surface area contributed by atoms with E-state index in [0.29, 0.717) is 5.41 Å². The van der Waals surface area contributed by atoms with Gasteiger partial charge in [0.05, 0.1) is 0 Å². The van der Waals surface area contributed by atoms with Crippen LogP contribution in [0.2, 0.25) is 0 Å². The molecular weight excluding hydrogens is 196 g/mol. The van der Waals surface area contributed by atoms with Crippen LogP contribution in [0.1, 0.15) is 53.4 Å². The van der Waals surface area contributed by atoms with Gasteiger partial charge in [-0.1, -0.05) is 34.1 Å². The molecule has 1 saturated carbocycles. The summed E-state index contributed by atoms with van der Waals surface area (Å²) in [5.74, 6) is 0.768. The van der Waals surface area contributed by atoms with Crippen molar-refractivity contribution >= 4 is 0 Å². The van der Waals surface area contributed by atoms with Crippen LogP contribution in [0.15, 0.2) is 0 Å². The highest BCUT2D eigenvalue weighted by atomic mass is 15.2. The van der Waals surface area contributed by atoms with Gasteiger partial charge < -0.3 is 5.73 Å². The lowest BCUT2D eigenvalue weighted by molar-refractivity contribution is 0.138. The molecule has 1 rings (SSSR count). The van der Waals surface area contributed by atoms with Crippen LogP contribution in [0.4, 0.5) is 0 Å². The van der Waals surface area contributed by atoms with Crippen molar-refractivity contribution < 1.29 is 0 Å². The molecule has 96 valence electrons. The summed E-state index contributed by atoms with van der Waals surface area (Å²) in [6, 6.07) is 0.866. The zero-order valence-corrected chi connectivity index (χ0v) is 11.6. The standard InChI is InChI=1S/C14H30N2/c1-5-8-14(4,10-15)11-16(9-12(2)3)13-6-7-13/h12-13H,5-11,15H2,1-4H3. The quantitative estimate of drug-likeness (QED) is 0.689. The third kappa shape index (κ3) is 4.42. The second-order valence-corrected chi connectivity index (χ2v) is 6.32. The SMILES string of the molecule is CCCC(C)(CN)CN(CC(C)C)C1CC1. The first-order chi connectivity index (χ1) is 7.50. The lowest BCUT2D eigenvalue weighted by Gasteiger charge is -2.35. The maximum Gasteiger partial charge on any atom is 0.00967 e. The van der Waals surface area contributed by atoms with E-state index in [2.05, 4.69) is 32.6 Å². The van der Waals surface area contributed by atoms with E-state index in [1.54, 1.807) is 0 Å². The number of nitrogens with two attached hydrogens (primary N) is 1. The lowest BCUT2D eigenvalue weighted by Crippen LogP contribution is -2.43. The molecular formula is C14H30N2. The van der Waals surface area contributed by atoms with Crippen molar-refractivity contribution in [1.82, 2.24) is 4.90 Å². The van der Waals surface area contributed by atoms with E-state index in [-0.39, 0.29) is 0 Å². The molecule has 0 saturated heterocycles. The fourth-order valence-electron chi connectivity index (χ4n) is 2.59. The Balaban J connectivity index is 2.51. The van der Waals surface area contributed by atoms with Crippen LogP contribution >= 0.6 is 0 Å². The molecule has 1 aliphatic rings. The topological polar surface area (TPSA) is 29.3 Å². The zero-order valence-electron chi connectivity index (χ0n) is 11.6. The second kappa shape index (κ2) is 6.02. The number of rotatable bonds is 8. The van der Waals surface area contributed by atoms with Crippen LogP contribution in [0.5, 0.6) is 0 Å². The third-order valence-corrected chi connectivity index (χ3v) is 3.59. The van der Waals surface area contributed by atoms with E-state index in [0.717, 1.165) is 18.5 Å². The Bertz CT molecular complexity index is 199. The summed E-state index contributed by atoms with van der Waals surface area (Å²) in [7, 11) is 0. The maximum absolute atomic E-state index is 5.97. The molecule has 2 nitrogen and oxygen atoms in total. The molecule has 1 aliphatic carbocycles. The molecule has 2 heteroatoms. The molecule has 1 fully saturated rings. The van der Waals surface area contributed by atoms with Gasteiger partial charge in [0.15, 0.2) is 0 Å². The first-order valence-corrected chi connectivity index (χ1v) is 6.95. The smallest absolute Gasteiger partial charge is 0.00967 e. The summed E-state index contributed by atoms with van der Waals surface area (Å²) in [6.45, 7) is 12.5. The molecule has 0 radical (unpaired) electrons. The first kappa shape index (κ1) is 14.0. The molecule has 0 spiro atoms. The van der Waals surface area contributed by atoms with Crippen molar-refractivity contribution in [2.24, 2.45) is 17.1 Å². The molecule has 0 aromatic heterocycles. The van der Waals surface area contributed by atoms with Crippen LogP contribution in [-0.2, 0) is 0 Å². The maximum atomic E-state index is 5.97. The Morgan fingerprint density at radius 3 is 2.38 bits per heavy atom. The monoisotopic (exact) mass is 226 g/mol. The largest absolute Gasteiger partial charge is 0.330 e. The van der Waals surface area contributed by atoms with Gasteiger partial charge in [-0.25, -0.2) is 0 Å². The second-order valence-electron chi connectivity index (χ2n) is 6.32. The molecule has 16 heavy (non-hydrogen) atoms. The fourth-order valence-corrected chi connectivity index (χ4v) is 2.59. The minimum atomic E-state index is 0.326. The molecule has 1 atom stereocenters. The summed E-state index contributed by atoms with van der Waals surface area (Å²) in [4.78, 5) is 2.69. The Kier molecular flexibility index (Phi) is 5.26. The van der Waals surface area contributed by atoms with E-state index in [4.69, 9.17) is 5.73 Å². The summed E-state index contributed by atoms with van der Waals surface area (Å²) in [5, 5.41) is 0.